The predicted molar refractivity (Wildman–Crippen MR) is 79.9 cm³/mol. The van der Waals surface area contributed by atoms with Crippen LogP contribution < -0.4 is 4.90 Å². The molecule has 2 aromatic rings. The topological polar surface area (TPSA) is 38.9 Å². The molecule has 1 aromatic carbocycles. The molecule has 0 aliphatic carbocycles. The maximum absolute atomic E-state index is 5.46. The quantitative estimate of drug-likeness (QED) is 0.483. The van der Waals surface area contributed by atoms with Gasteiger partial charge in [0.15, 0.2) is 6.61 Å². The van der Waals surface area contributed by atoms with E-state index < -0.39 is 0 Å². The van der Waals surface area contributed by atoms with E-state index in [-0.39, 0.29) is 0 Å². The van der Waals surface area contributed by atoms with Gasteiger partial charge in [-0.05, 0) is 12.1 Å². The average Bonchev–Trinajstić information content (AvgIpc) is 2.49. The van der Waals surface area contributed by atoms with E-state index in [1.54, 1.807) is 12.4 Å². The largest absolute Gasteiger partial charge is 0.389 e. The molecule has 0 fully saturated rings. The third kappa shape index (κ3) is 4.17. The molecule has 2 rings (SSSR count). The molecule has 0 atom stereocenters. The summed E-state index contributed by atoms with van der Waals surface area (Å²) in [5.41, 5.74) is 2.88. The van der Waals surface area contributed by atoms with Crippen LogP contribution in [0.3, 0.4) is 0 Å². The highest BCUT2D eigenvalue weighted by molar-refractivity contribution is 6.12. The second-order valence-electron chi connectivity index (χ2n) is 4.83. The number of benzene rings is 1. The van der Waals surface area contributed by atoms with Crippen molar-refractivity contribution in [3.63, 3.8) is 0 Å². The third-order valence-corrected chi connectivity index (χ3v) is 2.85. The zero-order chi connectivity index (χ0) is 14.2. The molecule has 1 aromatic heterocycles. The van der Waals surface area contributed by atoms with Crippen LogP contribution >= 0.6 is 0 Å². The zero-order valence-electron chi connectivity index (χ0n) is 11.9. The minimum atomic E-state index is 0.601. The smallest absolute Gasteiger partial charge is 0.165 e. The molecular weight excluding hydrogens is 250 g/mol. The van der Waals surface area contributed by atoms with Crippen LogP contribution in [0.2, 0.25) is 0 Å². The number of rotatable bonds is 6. The number of hydrogen-bond acceptors (Lipinski definition) is 3. The minimum Gasteiger partial charge on any atom is -0.389 e. The molecule has 0 bridgehead atoms. The maximum Gasteiger partial charge on any atom is 0.165 e. The fraction of sp³-hybridized carbons (Fsp3) is 0.250. The Hall–Kier alpha value is -2.20. The Bertz CT molecular complexity index is 497. The number of aromatic nitrogens is 1. The summed E-state index contributed by atoms with van der Waals surface area (Å²) in [7, 11) is 4.18. The number of oxime groups is 1. The first-order chi connectivity index (χ1) is 9.77. The SMILES string of the molecule is C[NH+](C)CCO/N=C(/c1ccccc1)c1ccncc1. The van der Waals surface area contributed by atoms with E-state index in [4.69, 9.17) is 4.84 Å². The van der Waals surface area contributed by atoms with E-state index in [0.29, 0.717) is 6.61 Å². The van der Waals surface area contributed by atoms with Crippen LogP contribution in [0, 0.1) is 0 Å². The van der Waals surface area contributed by atoms with E-state index in [1.807, 2.05) is 42.5 Å². The molecule has 20 heavy (non-hydrogen) atoms. The first kappa shape index (κ1) is 14.2. The molecule has 0 aliphatic rings. The number of quaternary nitrogens is 1. The Morgan fingerprint density at radius 3 is 2.35 bits per heavy atom. The van der Waals surface area contributed by atoms with Crippen LogP contribution in [-0.4, -0.2) is 37.9 Å². The maximum atomic E-state index is 5.46. The van der Waals surface area contributed by atoms with Gasteiger partial charge in [0.2, 0.25) is 0 Å². The summed E-state index contributed by atoms with van der Waals surface area (Å²) in [6, 6.07) is 13.9. The summed E-state index contributed by atoms with van der Waals surface area (Å²) in [4.78, 5) is 10.8. The van der Waals surface area contributed by atoms with Crippen LogP contribution in [0.25, 0.3) is 0 Å². The zero-order valence-corrected chi connectivity index (χ0v) is 11.9. The van der Waals surface area contributed by atoms with Gasteiger partial charge in [-0.1, -0.05) is 35.5 Å². The van der Waals surface area contributed by atoms with Gasteiger partial charge in [0.25, 0.3) is 0 Å². The molecule has 0 radical (unpaired) electrons. The van der Waals surface area contributed by atoms with Crippen molar-refractivity contribution in [2.45, 2.75) is 0 Å². The van der Waals surface area contributed by atoms with E-state index in [9.17, 15) is 0 Å². The minimum absolute atomic E-state index is 0.601. The van der Waals surface area contributed by atoms with Crippen molar-refractivity contribution in [2.24, 2.45) is 5.16 Å². The summed E-state index contributed by atoms with van der Waals surface area (Å²) >= 11 is 0. The first-order valence-corrected chi connectivity index (χ1v) is 6.72. The van der Waals surface area contributed by atoms with E-state index >= 15 is 0 Å². The second-order valence-corrected chi connectivity index (χ2v) is 4.83. The summed E-state index contributed by atoms with van der Waals surface area (Å²) in [6.07, 6.45) is 3.52. The Morgan fingerprint density at radius 1 is 1.05 bits per heavy atom. The van der Waals surface area contributed by atoms with Gasteiger partial charge in [-0.2, -0.15) is 0 Å². The molecule has 1 heterocycles. The van der Waals surface area contributed by atoms with Crippen molar-refractivity contribution >= 4 is 5.71 Å². The van der Waals surface area contributed by atoms with Gasteiger partial charge in [-0.25, -0.2) is 0 Å². The molecule has 0 unspecified atom stereocenters. The van der Waals surface area contributed by atoms with Crippen LogP contribution in [0.4, 0.5) is 0 Å². The van der Waals surface area contributed by atoms with Crippen molar-refractivity contribution < 1.29 is 9.74 Å². The summed E-state index contributed by atoms with van der Waals surface area (Å²) in [5.74, 6) is 0. The Morgan fingerprint density at radius 2 is 1.70 bits per heavy atom. The van der Waals surface area contributed by atoms with Gasteiger partial charge in [0.1, 0.15) is 12.3 Å². The lowest BCUT2D eigenvalue weighted by Gasteiger charge is -2.08. The summed E-state index contributed by atoms with van der Waals surface area (Å²) in [6.45, 7) is 1.52. The molecule has 1 N–H and O–H groups in total. The predicted octanol–water partition coefficient (Wildman–Crippen LogP) is 0.995. The molecule has 0 aliphatic heterocycles. The number of nitrogens with zero attached hydrogens (tertiary/aromatic N) is 2. The number of nitrogens with one attached hydrogen (secondary N) is 1. The molecule has 0 saturated heterocycles. The van der Waals surface area contributed by atoms with Crippen LogP contribution in [0.1, 0.15) is 11.1 Å². The van der Waals surface area contributed by atoms with E-state index in [2.05, 4.69) is 24.2 Å². The summed E-state index contributed by atoms with van der Waals surface area (Å²) in [5, 5.41) is 4.31. The van der Waals surface area contributed by atoms with Gasteiger partial charge < -0.3 is 9.74 Å². The van der Waals surface area contributed by atoms with E-state index in [0.717, 1.165) is 23.4 Å². The van der Waals surface area contributed by atoms with Crippen molar-refractivity contribution in [3.05, 3.63) is 66.0 Å². The Balaban J connectivity index is 2.19. The molecule has 4 nitrogen and oxygen atoms in total. The lowest BCUT2D eigenvalue weighted by atomic mass is 10.0. The number of pyridine rings is 1. The first-order valence-electron chi connectivity index (χ1n) is 6.72. The highest BCUT2D eigenvalue weighted by Crippen LogP contribution is 2.10. The molecule has 4 heteroatoms. The van der Waals surface area contributed by atoms with Crippen LogP contribution in [0.15, 0.2) is 60.0 Å². The number of likely N-dealkylation sites (N-methyl/N-ethyl adjacent to an activating group) is 1. The van der Waals surface area contributed by atoms with Gasteiger partial charge in [0, 0.05) is 23.5 Å². The third-order valence-electron chi connectivity index (χ3n) is 2.85. The monoisotopic (exact) mass is 270 g/mol. The molecule has 104 valence electrons. The highest BCUT2D eigenvalue weighted by atomic mass is 16.6. The van der Waals surface area contributed by atoms with Crippen molar-refractivity contribution in [1.29, 1.82) is 0 Å². The molecule has 0 amide bonds. The second kappa shape index (κ2) is 7.40. The molecular formula is C16H20N3O+. The van der Waals surface area contributed by atoms with Crippen LogP contribution in [0.5, 0.6) is 0 Å². The van der Waals surface area contributed by atoms with Crippen molar-refractivity contribution in [1.82, 2.24) is 4.98 Å². The Labute approximate surface area is 119 Å². The van der Waals surface area contributed by atoms with Crippen LogP contribution in [-0.2, 0) is 4.84 Å². The standard InChI is InChI=1S/C16H19N3O/c1-19(2)12-13-20-18-16(14-6-4-3-5-7-14)15-8-10-17-11-9-15/h3-11H,12-13H2,1-2H3/p+1/b18-16-. The van der Waals surface area contributed by atoms with Gasteiger partial charge in [-0.15, -0.1) is 0 Å². The highest BCUT2D eigenvalue weighted by Gasteiger charge is 2.07. The van der Waals surface area contributed by atoms with Gasteiger partial charge in [0.05, 0.1) is 14.1 Å². The van der Waals surface area contributed by atoms with Gasteiger partial charge in [-0.3, -0.25) is 4.98 Å². The Kier molecular flexibility index (Phi) is 5.26. The fourth-order valence-electron chi connectivity index (χ4n) is 1.74. The fourth-order valence-corrected chi connectivity index (χ4v) is 1.74. The van der Waals surface area contributed by atoms with E-state index in [1.165, 1.54) is 4.90 Å². The van der Waals surface area contributed by atoms with Gasteiger partial charge >= 0.3 is 0 Å². The molecule has 0 spiro atoms. The van der Waals surface area contributed by atoms with Crippen molar-refractivity contribution in [3.8, 4) is 0 Å². The molecule has 0 saturated carbocycles. The lowest BCUT2D eigenvalue weighted by molar-refractivity contribution is -0.858. The lowest BCUT2D eigenvalue weighted by Crippen LogP contribution is -3.06. The summed E-state index contributed by atoms with van der Waals surface area (Å²) < 4.78 is 0. The number of hydrogen-bond donors (Lipinski definition) is 1. The normalized spacial score (nSPS) is 11.7. The average molecular weight is 270 g/mol. The van der Waals surface area contributed by atoms with Crippen molar-refractivity contribution in [2.75, 3.05) is 27.2 Å².